The van der Waals surface area contributed by atoms with Crippen LogP contribution in [-0.2, 0) is 11.2 Å². The second-order valence-corrected chi connectivity index (χ2v) is 5.63. The van der Waals surface area contributed by atoms with Crippen molar-refractivity contribution in [3.8, 4) is 0 Å². The zero-order valence-electron chi connectivity index (χ0n) is 11.3. The van der Waals surface area contributed by atoms with Gasteiger partial charge in [0.25, 0.3) is 0 Å². The molecule has 1 aromatic carbocycles. The molecule has 1 heterocycles. The quantitative estimate of drug-likeness (QED) is 0.870. The van der Waals surface area contributed by atoms with Crippen LogP contribution in [0, 0.1) is 5.41 Å². The standard InChI is InChI=1S/C15H21ClN2O/c1-2-15(7-9-17-11-15)14(19)18-8-6-12-4-3-5-13(16)10-12/h3-5,10,17H,2,6-9,11H2,1H3,(H,18,19). The van der Waals surface area contributed by atoms with Crippen molar-refractivity contribution >= 4 is 17.5 Å². The van der Waals surface area contributed by atoms with E-state index >= 15 is 0 Å². The summed E-state index contributed by atoms with van der Waals surface area (Å²) in [5, 5.41) is 7.09. The van der Waals surface area contributed by atoms with Crippen molar-refractivity contribution in [1.29, 1.82) is 0 Å². The summed E-state index contributed by atoms with van der Waals surface area (Å²) < 4.78 is 0. The molecule has 104 valence electrons. The lowest BCUT2D eigenvalue weighted by atomic mass is 9.83. The Morgan fingerprint density at radius 1 is 1.53 bits per heavy atom. The van der Waals surface area contributed by atoms with Crippen molar-refractivity contribution in [3.05, 3.63) is 34.9 Å². The van der Waals surface area contributed by atoms with E-state index in [0.717, 1.165) is 42.9 Å². The van der Waals surface area contributed by atoms with Gasteiger partial charge in [-0.25, -0.2) is 0 Å². The Labute approximate surface area is 119 Å². The summed E-state index contributed by atoms with van der Waals surface area (Å²) >= 11 is 5.94. The molecule has 0 saturated carbocycles. The summed E-state index contributed by atoms with van der Waals surface area (Å²) in [7, 11) is 0. The van der Waals surface area contributed by atoms with E-state index in [1.807, 2.05) is 24.3 Å². The maximum atomic E-state index is 12.3. The first-order valence-electron chi connectivity index (χ1n) is 6.90. The van der Waals surface area contributed by atoms with E-state index in [-0.39, 0.29) is 11.3 Å². The minimum atomic E-state index is -0.200. The van der Waals surface area contributed by atoms with Crippen molar-refractivity contribution < 1.29 is 4.79 Å². The lowest BCUT2D eigenvalue weighted by Gasteiger charge is -2.25. The third kappa shape index (κ3) is 3.48. The first kappa shape index (κ1) is 14.4. The number of benzene rings is 1. The number of carbonyl (C=O) groups excluding carboxylic acids is 1. The van der Waals surface area contributed by atoms with Crippen molar-refractivity contribution in [2.45, 2.75) is 26.2 Å². The van der Waals surface area contributed by atoms with Crippen molar-refractivity contribution in [3.63, 3.8) is 0 Å². The molecule has 3 nitrogen and oxygen atoms in total. The summed E-state index contributed by atoms with van der Waals surface area (Å²) in [6.45, 7) is 4.49. The summed E-state index contributed by atoms with van der Waals surface area (Å²) in [5.74, 6) is 0.182. The van der Waals surface area contributed by atoms with Crippen LogP contribution >= 0.6 is 11.6 Å². The molecule has 1 fully saturated rings. The smallest absolute Gasteiger partial charge is 0.227 e. The second kappa shape index (κ2) is 6.40. The highest BCUT2D eigenvalue weighted by Gasteiger charge is 2.38. The maximum Gasteiger partial charge on any atom is 0.227 e. The molecule has 2 N–H and O–H groups in total. The fourth-order valence-electron chi connectivity index (χ4n) is 2.60. The van der Waals surface area contributed by atoms with Gasteiger partial charge in [-0.3, -0.25) is 4.79 Å². The Kier molecular flexibility index (Phi) is 4.83. The number of halogens is 1. The molecule has 4 heteroatoms. The molecule has 19 heavy (non-hydrogen) atoms. The van der Waals surface area contributed by atoms with Crippen LogP contribution in [0.1, 0.15) is 25.3 Å². The SMILES string of the molecule is CCC1(C(=O)NCCc2cccc(Cl)c2)CCNC1. The van der Waals surface area contributed by atoms with Crippen LogP contribution in [0.5, 0.6) is 0 Å². The average molecular weight is 281 g/mol. The molecule has 1 saturated heterocycles. The highest BCUT2D eigenvalue weighted by molar-refractivity contribution is 6.30. The van der Waals surface area contributed by atoms with Gasteiger partial charge in [0.1, 0.15) is 0 Å². The van der Waals surface area contributed by atoms with Crippen LogP contribution < -0.4 is 10.6 Å². The third-order valence-corrected chi connectivity index (χ3v) is 4.23. The number of nitrogens with one attached hydrogen (secondary N) is 2. The molecule has 1 amide bonds. The Hall–Kier alpha value is -1.06. The molecule has 2 rings (SSSR count). The molecule has 1 atom stereocenters. The molecule has 0 radical (unpaired) electrons. The summed E-state index contributed by atoms with van der Waals surface area (Å²) in [4.78, 5) is 12.3. The Bertz CT molecular complexity index is 442. The average Bonchev–Trinajstić information content (AvgIpc) is 2.89. The number of carbonyl (C=O) groups is 1. The monoisotopic (exact) mass is 280 g/mol. The van der Waals surface area contributed by atoms with Gasteiger partial charge in [-0.1, -0.05) is 30.7 Å². The largest absolute Gasteiger partial charge is 0.355 e. The van der Waals surface area contributed by atoms with Gasteiger partial charge in [0, 0.05) is 18.1 Å². The number of hydrogen-bond donors (Lipinski definition) is 2. The fourth-order valence-corrected chi connectivity index (χ4v) is 2.81. The molecule has 0 aromatic heterocycles. The zero-order valence-corrected chi connectivity index (χ0v) is 12.1. The first-order valence-corrected chi connectivity index (χ1v) is 7.27. The number of hydrogen-bond acceptors (Lipinski definition) is 2. The van der Waals surface area contributed by atoms with Gasteiger partial charge in [-0.2, -0.15) is 0 Å². The lowest BCUT2D eigenvalue weighted by Crippen LogP contribution is -2.42. The molecule has 0 spiro atoms. The molecule has 1 aromatic rings. The van der Waals surface area contributed by atoms with Crippen LogP contribution in [0.4, 0.5) is 0 Å². The minimum Gasteiger partial charge on any atom is -0.355 e. The van der Waals surface area contributed by atoms with Crippen molar-refractivity contribution in [2.24, 2.45) is 5.41 Å². The van der Waals surface area contributed by atoms with Gasteiger partial charge >= 0.3 is 0 Å². The Morgan fingerprint density at radius 2 is 2.37 bits per heavy atom. The summed E-state index contributed by atoms with van der Waals surface area (Å²) in [6, 6.07) is 7.78. The normalized spacial score (nSPS) is 22.4. The molecule has 0 bridgehead atoms. The topological polar surface area (TPSA) is 41.1 Å². The molecule has 0 aliphatic carbocycles. The molecular weight excluding hydrogens is 260 g/mol. The maximum absolute atomic E-state index is 12.3. The minimum absolute atomic E-state index is 0.182. The van der Waals surface area contributed by atoms with Crippen LogP contribution in [0.3, 0.4) is 0 Å². The molecular formula is C15H21ClN2O. The predicted octanol–water partition coefficient (Wildman–Crippen LogP) is 2.39. The fraction of sp³-hybridized carbons (Fsp3) is 0.533. The van der Waals surface area contributed by atoms with Crippen molar-refractivity contribution in [1.82, 2.24) is 10.6 Å². The van der Waals surface area contributed by atoms with Crippen LogP contribution in [-0.4, -0.2) is 25.5 Å². The van der Waals surface area contributed by atoms with E-state index in [1.165, 1.54) is 0 Å². The van der Waals surface area contributed by atoms with Gasteiger partial charge in [0.15, 0.2) is 0 Å². The van der Waals surface area contributed by atoms with Gasteiger partial charge in [-0.05, 0) is 43.5 Å². The lowest BCUT2D eigenvalue weighted by molar-refractivity contribution is -0.130. The first-order chi connectivity index (χ1) is 9.16. The Balaban J connectivity index is 1.84. The van der Waals surface area contributed by atoms with Crippen LogP contribution in [0.15, 0.2) is 24.3 Å². The second-order valence-electron chi connectivity index (χ2n) is 5.20. The molecule has 1 aliphatic rings. The summed E-state index contributed by atoms with van der Waals surface area (Å²) in [5.41, 5.74) is 0.955. The van der Waals surface area contributed by atoms with E-state index in [1.54, 1.807) is 0 Å². The highest BCUT2D eigenvalue weighted by Crippen LogP contribution is 2.29. The van der Waals surface area contributed by atoms with Gasteiger partial charge in [-0.15, -0.1) is 0 Å². The number of rotatable bonds is 5. The highest BCUT2D eigenvalue weighted by atomic mass is 35.5. The zero-order chi connectivity index (χ0) is 13.7. The van der Waals surface area contributed by atoms with E-state index in [4.69, 9.17) is 11.6 Å². The third-order valence-electron chi connectivity index (χ3n) is 3.99. The summed E-state index contributed by atoms with van der Waals surface area (Å²) in [6.07, 6.45) is 2.65. The van der Waals surface area contributed by atoms with Crippen LogP contribution in [0.2, 0.25) is 5.02 Å². The van der Waals surface area contributed by atoms with Gasteiger partial charge in [0.2, 0.25) is 5.91 Å². The van der Waals surface area contributed by atoms with Gasteiger partial charge in [0.05, 0.1) is 5.41 Å². The van der Waals surface area contributed by atoms with Crippen molar-refractivity contribution in [2.75, 3.05) is 19.6 Å². The molecule has 1 unspecified atom stereocenters. The van der Waals surface area contributed by atoms with Crippen LogP contribution in [0.25, 0.3) is 0 Å². The Morgan fingerprint density at radius 3 is 3.00 bits per heavy atom. The van der Waals surface area contributed by atoms with E-state index < -0.39 is 0 Å². The van der Waals surface area contributed by atoms with Gasteiger partial charge < -0.3 is 10.6 Å². The van der Waals surface area contributed by atoms with E-state index in [2.05, 4.69) is 17.6 Å². The number of amides is 1. The predicted molar refractivity (Wildman–Crippen MR) is 78.4 cm³/mol. The van der Waals surface area contributed by atoms with E-state index in [0.29, 0.717) is 6.54 Å². The van der Waals surface area contributed by atoms with E-state index in [9.17, 15) is 4.79 Å². The molecule has 1 aliphatic heterocycles.